The first-order valence-electron chi connectivity index (χ1n) is 7.58. The number of alkyl halides is 3. The van der Waals surface area contributed by atoms with Crippen molar-refractivity contribution < 1.29 is 27.5 Å². The minimum atomic E-state index is -4.30. The van der Waals surface area contributed by atoms with Crippen molar-refractivity contribution in [1.82, 2.24) is 10.2 Å². The van der Waals surface area contributed by atoms with E-state index in [1.165, 1.54) is 7.11 Å². The summed E-state index contributed by atoms with van der Waals surface area (Å²) in [4.78, 5) is 25.1. The van der Waals surface area contributed by atoms with E-state index in [4.69, 9.17) is 4.74 Å². The van der Waals surface area contributed by atoms with Gasteiger partial charge in [-0.15, -0.1) is 0 Å². The molecular formula is C16H19F3N2O3. The van der Waals surface area contributed by atoms with Crippen molar-refractivity contribution in [3.8, 4) is 5.75 Å². The smallest absolute Gasteiger partial charge is 0.393 e. The largest absolute Gasteiger partial charge is 0.497 e. The second-order valence-corrected chi connectivity index (χ2v) is 5.63. The van der Waals surface area contributed by atoms with Crippen LogP contribution in [0.25, 0.3) is 0 Å². The van der Waals surface area contributed by atoms with E-state index < -0.39 is 23.9 Å². The van der Waals surface area contributed by atoms with Crippen LogP contribution in [-0.4, -0.2) is 49.6 Å². The first kappa shape index (κ1) is 18.1. The summed E-state index contributed by atoms with van der Waals surface area (Å²) < 4.78 is 43.3. The van der Waals surface area contributed by atoms with Crippen molar-refractivity contribution in [3.05, 3.63) is 29.8 Å². The van der Waals surface area contributed by atoms with Gasteiger partial charge in [-0.05, 0) is 37.1 Å². The number of nitrogens with one attached hydrogen (secondary N) is 1. The highest BCUT2D eigenvalue weighted by molar-refractivity contribution is 5.96. The lowest BCUT2D eigenvalue weighted by Gasteiger charge is -2.33. The van der Waals surface area contributed by atoms with Crippen molar-refractivity contribution in [2.75, 3.05) is 26.7 Å². The molecule has 1 heterocycles. The number of carbonyl (C=O) groups is 2. The molecule has 1 atom stereocenters. The average molecular weight is 344 g/mol. The maximum atomic E-state index is 12.8. The number of nitrogens with zero attached hydrogens (tertiary/aromatic N) is 1. The quantitative estimate of drug-likeness (QED) is 0.911. The van der Waals surface area contributed by atoms with Gasteiger partial charge < -0.3 is 15.0 Å². The van der Waals surface area contributed by atoms with E-state index in [9.17, 15) is 22.8 Å². The molecule has 0 saturated carbocycles. The number of methoxy groups -OCH3 is 1. The lowest BCUT2D eigenvalue weighted by Crippen LogP contribution is -2.48. The van der Waals surface area contributed by atoms with Gasteiger partial charge in [0.05, 0.1) is 19.6 Å². The highest BCUT2D eigenvalue weighted by atomic mass is 19.4. The predicted molar refractivity (Wildman–Crippen MR) is 80.7 cm³/mol. The van der Waals surface area contributed by atoms with Gasteiger partial charge in [0, 0.05) is 18.7 Å². The zero-order chi connectivity index (χ0) is 17.7. The molecule has 1 saturated heterocycles. The van der Waals surface area contributed by atoms with Gasteiger partial charge >= 0.3 is 6.18 Å². The van der Waals surface area contributed by atoms with Gasteiger partial charge in [-0.3, -0.25) is 9.59 Å². The standard InChI is InChI=1S/C16H19F3N2O3/c1-24-13-6-4-11(5-7-13)15(23)20-9-14(22)21-8-2-3-12(10-21)16(17,18)19/h4-7,12H,2-3,8-10H2,1H3,(H,20,23). The fourth-order valence-electron chi connectivity index (χ4n) is 2.58. The molecule has 0 radical (unpaired) electrons. The Hall–Kier alpha value is -2.25. The van der Waals surface area contributed by atoms with Crippen LogP contribution in [0.15, 0.2) is 24.3 Å². The fraction of sp³-hybridized carbons (Fsp3) is 0.500. The summed E-state index contributed by atoms with van der Waals surface area (Å²) in [5.74, 6) is -1.87. The Balaban J connectivity index is 1.86. The van der Waals surface area contributed by atoms with Gasteiger partial charge in [0.15, 0.2) is 0 Å². The van der Waals surface area contributed by atoms with Crippen LogP contribution in [-0.2, 0) is 4.79 Å². The minimum absolute atomic E-state index is 0.0332. The van der Waals surface area contributed by atoms with Crippen molar-refractivity contribution in [2.45, 2.75) is 19.0 Å². The molecule has 1 aliphatic heterocycles. The second kappa shape index (κ2) is 7.55. The zero-order valence-electron chi connectivity index (χ0n) is 13.2. The number of halogens is 3. The molecule has 1 aliphatic rings. The summed E-state index contributed by atoms with van der Waals surface area (Å²) in [6.07, 6.45) is -3.96. The van der Waals surface area contributed by atoms with E-state index in [1.807, 2.05) is 0 Å². The first-order chi connectivity index (χ1) is 11.3. The molecule has 2 amide bonds. The summed E-state index contributed by atoms with van der Waals surface area (Å²) in [5, 5.41) is 2.43. The minimum Gasteiger partial charge on any atom is -0.497 e. The van der Waals surface area contributed by atoms with Gasteiger partial charge in [0.1, 0.15) is 5.75 Å². The van der Waals surface area contributed by atoms with Gasteiger partial charge in [-0.25, -0.2) is 0 Å². The number of piperidine rings is 1. The first-order valence-corrected chi connectivity index (χ1v) is 7.58. The Morgan fingerprint density at radius 2 is 1.96 bits per heavy atom. The van der Waals surface area contributed by atoms with Crippen LogP contribution in [0.4, 0.5) is 13.2 Å². The van der Waals surface area contributed by atoms with Gasteiger partial charge in [-0.2, -0.15) is 13.2 Å². The number of carbonyl (C=O) groups excluding carboxylic acids is 2. The van der Waals surface area contributed by atoms with E-state index in [0.29, 0.717) is 17.7 Å². The molecule has 0 bridgehead atoms. The number of ether oxygens (including phenoxy) is 1. The molecule has 24 heavy (non-hydrogen) atoms. The highest BCUT2D eigenvalue weighted by Crippen LogP contribution is 2.33. The number of hydrogen-bond donors (Lipinski definition) is 1. The van der Waals surface area contributed by atoms with E-state index in [1.54, 1.807) is 24.3 Å². The lowest BCUT2D eigenvalue weighted by molar-refractivity contribution is -0.187. The highest BCUT2D eigenvalue weighted by Gasteiger charge is 2.42. The number of likely N-dealkylation sites (tertiary alicyclic amines) is 1. The van der Waals surface area contributed by atoms with E-state index in [-0.39, 0.29) is 26.1 Å². The van der Waals surface area contributed by atoms with Crippen LogP contribution in [0.2, 0.25) is 0 Å². The molecule has 0 aromatic heterocycles. The zero-order valence-corrected chi connectivity index (χ0v) is 13.2. The number of amides is 2. The Morgan fingerprint density at radius 1 is 1.29 bits per heavy atom. The normalized spacial score (nSPS) is 18.2. The maximum Gasteiger partial charge on any atom is 0.393 e. The summed E-state index contributed by atoms with van der Waals surface area (Å²) in [6, 6.07) is 6.29. The lowest BCUT2D eigenvalue weighted by atomic mass is 9.97. The van der Waals surface area contributed by atoms with Crippen LogP contribution < -0.4 is 10.1 Å². The summed E-state index contributed by atoms with van der Waals surface area (Å²) in [7, 11) is 1.50. The third-order valence-electron chi connectivity index (χ3n) is 3.99. The third kappa shape index (κ3) is 4.62. The molecule has 1 aromatic rings. The summed E-state index contributed by atoms with van der Waals surface area (Å²) in [6.45, 7) is -0.389. The molecule has 0 aliphatic carbocycles. The van der Waals surface area contributed by atoms with Gasteiger partial charge in [-0.1, -0.05) is 0 Å². The van der Waals surface area contributed by atoms with Gasteiger partial charge in [0.2, 0.25) is 5.91 Å². The van der Waals surface area contributed by atoms with E-state index in [2.05, 4.69) is 5.32 Å². The van der Waals surface area contributed by atoms with E-state index >= 15 is 0 Å². The molecule has 0 spiro atoms. The number of rotatable bonds is 4. The average Bonchev–Trinajstić information content (AvgIpc) is 2.58. The molecule has 5 nitrogen and oxygen atoms in total. The molecule has 1 fully saturated rings. The summed E-state index contributed by atoms with van der Waals surface area (Å²) >= 11 is 0. The maximum absolute atomic E-state index is 12.8. The number of benzene rings is 1. The molecule has 1 unspecified atom stereocenters. The van der Waals surface area contributed by atoms with Crippen LogP contribution in [0, 0.1) is 5.92 Å². The predicted octanol–water partition coefficient (Wildman–Crippen LogP) is 2.23. The topological polar surface area (TPSA) is 58.6 Å². The van der Waals surface area contributed by atoms with Crippen LogP contribution in [0.3, 0.4) is 0 Å². The third-order valence-corrected chi connectivity index (χ3v) is 3.99. The number of hydrogen-bond acceptors (Lipinski definition) is 3. The van der Waals surface area contributed by atoms with Crippen LogP contribution in [0.5, 0.6) is 5.75 Å². The van der Waals surface area contributed by atoms with Crippen molar-refractivity contribution in [2.24, 2.45) is 5.92 Å². The van der Waals surface area contributed by atoms with Crippen LogP contribution >= 0.6 is 0 Å². The molecular weight excluding hydrogens is 325 g/mol. The Bertz CT molecular complexity index is 587. The fourth-order valence-corrected chi connectivity index (χ4v) is 2.58. The monoisotopic (exact) mass is 344 g/mol. The molecule has 1 N–H and O–H groups in total. The molecule has 132 valence electrons. The van der Waals surface area contributed by atoms with Gasteiger partial charge in [0.25, 0.3) is 5.91 Å². The molecule has 2 rings (SSSR count). The Labute approximate surface area is 137 Å². The summed E-state index contributed by atoms with van der Waals surface area (Å²) in [5.41, 5.74) is 0.343. The molecule has 8 heteroatoms. The Morgan fingerprint density at radius 3 is 2.54 bits per heavy atom. The van der Waals surface area contributed by atoms with E-state index in [0.717, 1.165) is 4.90 Å². The van der Waals surface area contributed by atoms with Crippen molar-refractivity contribution >= 4 is 11.8 Å². The molecule has 1 aromatic carbocycles. The van der Waals surface area contributed by atoms with Crippen LogP contribution in [0.1, 0.15) is 23.2 Å². The SMILES string of the molecule is COc1ccc(C(=O)NCC(=O)N2CCCC(C(F)(F)F)C2)cc1. The Kier molecular flexibility index (Phi) is 5.69. The second-order valence-electron chi connectivity index (χ2n) is 5.63. The van der Waals surface area contributed by atoms with Crippen molar-refractivity contribution in [1.29, 1.82) is 0 Å². The van der Waals surface area contributed by atoms with Crippen molar-refractivity contribution in [3.63, 3.8) is 0 Å².